The van der Waals surface area contributed by atoms with E-state index in [1.165, 1.54) is 25.7 Å². The maximum Gasteiger partial charge on any atom is 0.311 e. The van der Waals surface area contributed by atoms with Crippen LogP contribution in [0.15, 0.2) is 0 Å². The molecular weight excluding hydrogens is 292 g/mol. The minimum Gasteiger partial charge on any atom is -0.460 e. The van der Waals surface area contributed by atoms with Crippen molar-refractivity contribution in [1.29, 1.82) is 0 Å². The molecule has 0 spiro atoms. The Morgan fingerprint density at radius 3 is 2.22 bits per heavy atom. The van der Waals surface area contributed by atoms with E-state index in [-0.39, 0.29) is 23.6 Å². The number of hydrogen-bond donors (Lipinski definition) is 1. The highest BCUT2D eigenvalue weighted by Crippen LogP contribution is 2.73. The van der Waals surface area contributed by atoms with Crippen LogP contribution in [0, 0.1) is 28.6 Å². The number of ether oxygens (including phenoxy) is 2. The van der Waals surface area contributed by atoms with Crippen molar-refractivity contribution < 1.29 is 19.4 Å². The fraction of sp³-hybridized carbons (Fsp3) is 0.947. The number of hydrogen-bond acceptors (Lipinski definition) is 4. The molecule has 4 fully saturated rings. The second-order valence-corrected chi connectivity index (χ2v) is 9.17. The maximum absolute atomic E-state index is 12.0. The first-order valence-electron chi connectivity index (χ1n) is 9.14. The van der Waals surface area contributed by atoms with Crippen LogP contribution in [0.5, 0.6) is 0 Å². The summed E-state index contributed by atoms with van der Waals surface area (Å²) in [5, 5.41) is 10.3. The lowest BCUT2D eigenvalue weighted by atomic mass is 9.68. The number of aliphatic hydroxyl groups is 1. The quantitative estimate of drug-likeness (QED) is 0.575. The molecule has 3 unspecified atom stereocenters. The highest BCUT2D eigenvalue weighted by molar-refractivity contribution is 5.75. The smallest absolute Gasteiger partial charge is 0.311 e. The van der Waals surface area contributed by atoms with Gasteiger partial charge in [-0.1, -0.05) is 6.92 Å². The fourth-order valence-corrected chi connectivity index (χ4v) is 5.48. The third-order valence-electron chi connectivity index (χ3n) is 7.30. The summed E-state index contributed by atoms with van der Waals surface area (Å²) < 4.78 is 11.3. The van der Waals surface area contributed by atoms with Crippen molar-refractivity contribution >= 4 is 5.97 Å². The lowest BCUT2D eigenvalue weighted by Crippen LogP contribution is -2.48. The Kier molecular flexibility index (Phi) is 4.08. The summed E-state index contributed by atoms with van der Waals surface area (Å²) in [5.74, 6) is 2.23. The third kappa shape index (κ3) is 2.62. The average molecular weight is 324 g/mol. The van der Waals surface area contributed by atoms with Gasteiger partial charge in [0.15, 0.2) is 6.29 Å². The molecule has 23 heavy (non-hydrogen) atoms. The average Bonchev–Trinajstić information content (AvgIpc) is 3.18. The van der Waals surface area contributed by atoms with E-state index in [0.717, 1.165) is 17.8 Å². The summed E-state index contributed by atoms with van der Waals surface area (Å²) >= 11 is 0. The minimum atomic E-state index is -1.05. The van der Waals surface area contributed by atoms with Crippen LogP contribution in [-0.2, 0) is 14.3 Å². The van der Waals surface area contributed by atoms with Gasteiger partial charge in [-0.05, 0) is 77.6 Å². The van der Waals surface area contributed by atoms with Crippen molar-refractivity contribution in [2.24, 2.45) is 28.6 Å². The molecule has 4 rings (SSSR count). The van der Waals surface area contributed by atoms with E-state index in [1.807, 2.05) is 20.8 Å². The molecule has 0 amide bonds. The van der Waals surface area contributed by atoms with Crippen molar-refractivity contribution in [2.75, 3.05) is 6.61 Å². The molecule has 4 heteroatoms. The van der Waals surface area contributed by atoms with Gasteiger partial charge in [-0.25, -0.2) is 0 Å². The lowest BCUT2D eigenvalue weighted by Gasteiger charge is -2.45. The van der Waals surface area contributed by atoms with Crippen molar-refractivity contribution in [2.45, 2.75) is 78.6 Å². The van der Waals surface area contributed by atoms with Gasteiger partial charge in [-0.2, -0.15) is 0 Å². The van der Waals surface area contributed by atoms with E-state index in [4.69, 9.17) is 9.47 Å². The van der Waals surface area contributed by atoms with Crippen LogP contribution in [-0.4, -0.2) is 29.6 Å². The number of carbonyl (C=O) groups excluding carboxylic acids is 1. The Labute approximate surface area is 139 Å². The highest BCUT2D eigenvalue weighted by Gasteiger charge is 2.68. The Morgan fingerprint density at radius 2 is 1.78 bits per heavy atom. The first kappa shape index (κ1) is 17.2. The molecule has 0 aromatic heterocycles. The van der Waals surface area contributed by atoms with Crippen LogP contribution in [0.3, 0.4) is 0 Å². The van der Waals surface area contributed by atoms with E-state index in [9.17, 15) is 9.90 Å². The van der Waals surface area contributed by atoms with E-state index < -0.39 is 11.7 Å². The van der Waals surface area contributed by atoms with Gasteiger partial charge in [0.2, 0.25) is 0 Å². The molecule has 0 saturated heterocycles. The number of rotatable bonds is 7. The summed E-state index contributed by atoms with van der Waals surface area (Å²) in [6.45, 7) is 9.80. The molecule has 0 heterocycles. The second kappa shape index (κ2) is 5.45. The third-order valence-corrected chi connectivity index (χ3v) is 7.30. The van der Waals surface area contributed by atoms with Crippen LogP contribution < -0.4 is 0 Å². The van der Waals surface area contributed by atoms with Crippen molar-refractivity contribution in [3.8, 4) is 0 Å². The summed E-state index contributed by atoms with van der Waals surface area (Å²) in [5.41, 5.74) is -0.668. The number of aliphatic hydroxyl groups excluding tert-OH is 1. The molecular formula is C19H32O4. The maximum atomic E-state index is 12.0. The lowest BCUT2D eigenvalue weighted by molar-refractivity contribution is -0.236. The van der Waals surface area contributed by atoms with E-state index in [2.05, 4.69) is 13.8 Å². The first-order valence-corrected chi connectivity index (χ1v) is 9.14. The van der Waals surface area contributed by atoms with E-state index in [1.54, 1.807) is 0 Å². The molecule has 4 nitrogen and oxygen atoms in total. The molecule has 132 valence electrons. The highest BCUT2D eigenvalue weighted by atomic mass is 16.6. The molecule has 1 N–H and O–H groups in total. The molecule has 4 aliphatic carbocycles. The first-order chi connectivity index (χ1) is 10.6. The fourth-order valence-electron chi connectivity index (χ4n) is 5.48. The van der Waals surface area contributed by atoms with Gasteiger partial charge in [0.1, 0.15) is 6.61 Å². The molecule has 4 aliphatic rings. The van der Waals surface area contributed by atoms with Gasteiger partial charge in [0, 0.05) is 5.41 Å². The Balaban J connectivity index is 1.56. The summed E-state index contributed by atoms with van der Waals surface area (Å²) in [7, 11) is 0. The zero-order valence-corrected chi connectivity index (χ0v) is 15.2. The van der Waals surface area contributed by atoms with Gasteiger partial charge >= 0.3 is 5.97 Å². The van der Waals surface area contributed by atoms with Gasteiger partial charge in [-0.15, -0.1) is 0 Å². The Hall–Kier alpha value is -0.610. The Morgan fingerprint density at radius 1 is 1.22 bits per heavy atom. The van der Waals surface area contributed by atoms with Crippen LogP contribution >= 0.6 is 0 Å². The SMILES string of the molecule is CCC(C)(C)C(=O)OCC(O)OC(C)(C)C12CC3CC1CC3C2. The molecule has 3 atom stereocenters. The molecule has 0 aliphatic heterocycles. The van der Waals surface area contributed by atoms with Gasteiger partial charge in [0.25, 0.3) is 0 Å². The van der Waals surface area contributed by atoms with Crippen LogP contribution in [0.25, 0.3) is 0 Å². The topological polar surface area (TPSA) is 55.8 Å². The second-order valence-electron chi connectivity index (χ2n) is 9.17. The molecule has 0 radical (unpaired) electrons. The van der Waals surface area contributed by atoms with Gasteiger partial charge in [0.05, 0.1) is 11.0 Å². The van der Waals surface area contributed by atoms with E-state index >= 15 is 0 Å². The zero-order chi connectivity index (χ0) is 17.0. The van der Waals surface area contributed by atoms with Gasteiger partial charge < -0.3 is 14.6 Å². The molecule has 4 saturated carbocycles. The van der Waals surface area contributed by atoms with Crippen molar-refractivity contribution in [3.63, 3.8) is 0 Å². The standard InChI is InChI=1S/C19H32O4/c1-6-17(2,3)16(21)22-11-15(20)23-18(4,5)19-9-12-7-14(19)8-13(12)10-19/h12-15,20H,6-11H2,1-5H3. The summed E-state index contributed by atoms with van der Waals surface area (Å²) in [6, 6.07) is 0. The van der Waals surface area contributed by atoms with Gasteiger partial charge in [-0.3, -0.25) is 4.79 Å². The van der Waals surface area contributed by atoms with Crippen LogP contribution in [0.1, 0.15) is 66.7 Å². The zero-order valence-electron chi connectivity index (χ0n) is 15.2. The largest absolute Gasteiger partial charge is 0.460 e. The van der Waals surface area contributed by atoms with Crippen LogP contribution in [0.4, 0.5) is 0 Å². The monoisotopic (exact) mass is 324 g/mol. The van der Waals surface area contributed by atoms with Crippen molar-refractivity contribution in [3.05, 3.63) is 0 Å². The predicted octanol–water partition coefficient (Wildman–Crippen LogP) is 3.52. The number of esters is 1. The minimum absolute atomic E-state index is 0.0840. The predicted molar refractivity (Wildman–Crippen MR) is 87.6 cm³/mol. The normalized spacial score (nSPS) is 36.7. The van der Waals surface area contributed by atoms with E-state index in [0.29, 0.717) is 6.42 Å². The Bertz CT molecular complexity index is 468. The van der Waals surface area contributed by atoms with Crippen molar-refractivity contribution in [1.82, 2.24) is 0 Å². The van der Waals surface area contributed by atoms with Crippen LogP contribution in [0.2, 0.25) is 0 Å². The summed E-state index contributed by atoms with van der Waals surface area (Å²) in [6.07, 6.45) is 4.82. The molecule has 4 bridgehead atoms. The molecule has 0 aromatic rings. The molecule has 0 aromatic carbocycles. The number of carbonyl (C=O) groups is 1. The summed E-state index contributed by atoms with van der Waals surface area (Å²) in [4.78, 5) is 12.0.